The summed E-state index contributed by atoms with van der Waals surface area (Å²) in [5.41, 5.74) is 6.32. The van der Waals surface area contributed by atoms with Gasteiger partial charge in [-0.3, -0.25) is 4.98 Å². The number of hydrogen-bond acceptors (Lipinski definition) is 1. The van der Waals surface area contributed by atoms with E-state index in [1.54, 1.807) is 0 Å². The highest BCUT2D eigenvalue weighted by atomic mass is 14.7. The first-order chi connectivity index (χ1) is 8.74. The first-order valence-corrected chi connectivity index (χ1v) is 7.11. The van der Waals surface area contributed by atoms with E-state index >= 15 is 0 Å². The molecule has 3 rings (SSSR count). The minimum absolute atomic E-state index is 0.803. The SMILES string of the molecule is C=C1/C(=C/C2CCCC2)CCc2nc(C)ccc21. The molecule has 0 aliphatic heterocycles. The van der Waals surface area contributed by atoms with Crippen molar-refractivity contribution < 1.29 is 0 Å². The Bertz CT molecular complexity index is 504. The quantitative estimate of drug-likeness (QED) is 0.704. The maximum absolute atomic E-state index is 4.64. The van der Waals surface area contributed by atoms with Crippen molar-refractivity contribution in [2.75, 3.05) is 0 Å². The second-order valence-corrected chi connectivity index (χ2v) is 5.66. The molecule has 18 heavy (non-hydrogen) atoms. The standard InChI is InChI=1S/C17H21N/c1-12-7-9-16-13(2)15(8-10-17(16)18-12)11-14-5-3-4-6-14/h7,9,11,14H,2-6,8,10H2,1H3/b15-11+. The summed E-state index contributed by atoms with van der Waals surface area (Å²) < 4.78 is 0. The van der Waals surface area contributed by atoms with Crippen LogP contribution < -0.4 is 0 Å². The summed E-state index contributed by atoms with van der Waals surface area (Å²) in [6, 6.07) is 4.30. The van der Waals surface area contributed by atoms with E-state index in [4.69, 9.17) is 0 Å². The van der Waals surface area contributed by atoms with E-state index < -0.39 is 0 Å². The molecule has 0 spiro atoms. The van der Waals surface area contributed by atoms with Crippen LogP contribution in [0.15, 0.2) is 30.4 Å². The van der Waals surface area contributed by atoms with Crippen molar-refractivity contribution in [2.45, 2.75) is 45.4 Å². The molecule has 0 atom stereocenters. The lowest BCUT2D eigenvalue weighted by Gasteiger charge is -2.22. The van der Waals surface area contributed by atoms with Crippen LogP contribution in [-0.4, -0.2) is 4.98 Å². The van der Waals surface area contributed by atoms with Gasteiger partial charge in [0.1, 0.15) is 0 Å². The van der Waals surface area contributed by atoms with Gasteiger partial charge in [-0.15, -0.1) is 0 Å². The summed E-state index contributed by atoms with van der Waals surface area (Å²) >= 11 is 0. The van der Waals surface area contributed by atoms with Gasteiger partial charge in [-0.1, -0.05) is 31.6 Å². The fourth-order valence-corrected chi connectivity index (χ4v) is 3.25. The van der Waals surface area contributed by atoms with Crippen LogP contribution in [0.1, 0.15) is 49.1 Å². The van der Waals surface area contributed by atoms with Gasteiger partial charge in [-0.2, -0.15) is 0 Å². The minimum atomic E-state index is 0.803. The normalized spacial score (nSPS) is 22.5. The van der Waals surface area contributed by atoms with Crippen LogP contribution in [-0.2, 0) is 6.42 Å². The highest BCUT2D eigenvalue weighted by Crippen LogP contribution is 2.36. The largest absolute Gasteiger partial charge is 0.258 e. The molecule has 0 bridgehead atoms. The number of aryl methyl sites for hydroxylation is 2. The number of fused-ring (bicyclic) bond motifs is 1. The third-order valence-electron chi connectivity index (χ3n) is 4.29. The lowest BCUT2D eigenvalue weighted by Crippen LogP contribution is -2.08. The zero-order valence-electron chi connectivity index (χ0n) is 11.2. The molecule has 0 aromatic carbocycles. The Morgan fingerprint density at radius 1 is 1.22 bits per heavy atom. The summed E-state index contributed by atoms with van der Waals surface area (Å²) in [4.78, 5) is 4.64. The van der Waals surface area contributed by atoms with E-state index in [1.165, 1.54) is 48.1 Å². The molecule has 0 unspecified atom stereocenters. The molecule has 2 aliphatic rings. The molecule has 1 fully saturated rings. The van der Waals surface area contributed by atoms with E-state index in [2.05, 4.69) is 36.7 Å². The molecule has 1 aromatic heterocycles. The van der Waals surface area contributed by atoms with Gasteiger partial charge >= 0.3 is 0 Å². The van der Waals surface area contributed by atoms with Crippen molar-refractivity contribution in [2.24, 2.45) is 5.92 Å². The van der Waals surface area contributed by atoms with Crippen LogP contribution in [0, 0.1) is 12.8 Å². The Kier molecular flexibility index (Phi) is 3.07. The lowest BCUT2D eigenvalue weighted by atomic mass is 9.85. The summed E-state index contributed by atoms with van der Waals surface area (Å²) in [6.07, 6.45) is 10.2. The van der Waals surface area contributed by atoms with Crippen LogP contribution in [0.3, 0.4) is 0 Å². The van der Waals surface area contributed by atoms with Crippen LogP contribution in [0.2, 0.25) is 0 Å². The predicted molar refractivity (Wildman–Crippen MR) is 76.4 cm³/mol. The summed E-state index contributed by atoms with van der Waals surface area (Å²) in [5, 5.41) is 0. The number of rotatable bonds is 1. The average Bonchev–Trinajstić information content (AvgIpc) is 2.85. The molecule has 0 amide bonds. The number of allylic oxidation sites excluding steroid dienone is 3. The van der Waals surface area contributed by atoms with Gasteiger partial charge < -0.3 is 0 Å². The fraction of sp³-hybridized carbons (Fsp3) is 0.471. The smallest absolute Gasteiger partial charge is 0.0488 e. The van der Waals surface area contributed by atoms with Crippen LogP contribution >= 0.6 is 0 Å². The Morgan fingerprint density at radius 3 is 2.78 bits per heavy atom. The molecule has 1 nitrogen and oxygen atoms in total. The molecular weight excluding hydrogens is 218 g/mol. The molecule has 1 heteroatoms. The van der Waals surface area contributed by atoms with Gasteiger partial charge in [0, 0.05) is 17.0 Å². The molecule has 0 radical (unpaired) electrons. The van der Waals surface area contributed by atoms with Crippen LogP contribution in [0.25, 0.3) is 5.57 Å². The zero-order valence-corrected chi connectivity index (χ0v) is 11.2. The Morgan fingerprint density at radius 2 is 2.00 bits per heavy atom. The van der Waals surface area contributed by atoms with Gasteiger partial charge in [-0.25, -0.2) is 0 Å². The molecule has 94 valence electrons. The topological polar surface area (TPSA) is 12.9 Å². The molecule has 1 saturated carbocycles. The van der Waals surface area contributed by atoms with Crippen molar-refractivity contribution >= 4 is 5.57 Å². The summed E-state index contributed by atoms with van der Waals surface area (Å²) in [7, 11) is 0. The first-order valence-electron chi connectivity index (χ1n) is 7.11. The second kappa shape index (κ2) is 4.72. The highest BCUT2D eigenvalue weighted by molar-refractivity contribution is 5.80. The van der Waals surface area contributed by atoms with Gasteiger partial charge in [-0.05, 0) is 55.7 Å². The molecule has 1 aromatic rings. The van der Waals surface area contributed by atoms with Gasteiger partial charge in [0.15, 0.2) is 0 Å². The first kappa shape index (κ1) is 11.7. The molecule has 0 saturated heterocycles. The molecular formula is C17H21N. The number of nitrogens with zero attached hydrogens (tertiary/aromatic N) is 1. The summed E-state index contributed by atoms with van der Waals surface area (Å²) in [6.45, 7) is 6.36. The Hall–Kier alpha value is -1.37. The van der Waals surface area contributed by atoms with Crippen molar-refractivity contribution in [1.82, 2.24) is 4.98 Å². The van der Waals surface area contributed by atoms with Crippen molar-refractivity contribution in [3.8, 4) is 0 Å². The zero-order chi connectivity index (χ0) is 12.5. The fourth-order valence-electron chi connectivity index (χ4n) is 3.25. The van der Waals surface area contributed by atoms with Gasteiger partial charge in [0.05, 0.1) is 0 Å². The van der Waals surface area contributed by atoms with Crippen molar-refractivity contribution in [3.05, 3.63) is 47.3 Å². The monoisotopic (exact) mass is 239 g/mol. The predicted octanol–water partition coefficient (Wildman–Crippen LogP) is 4.47. The number of hydrogen-bond donors (Lipinski definition) is 0. The maximum atomic E-state index is 4.64. The second-order valence-electron chi connectivity index (χ2n) is 5.66. The van der Waals surface area contributed by atoms with E-state index in [9.17, 15) is 0 Å². The van der Waals surface area contributed by atoms with E-state index in [1.807, 2.05) is 0 Å². The third kappa shape index (κ3) is 2.14. The third-order valence-corrected chi connectivity index (χ3v) is 4.29. The van der Waals surface area contributed by atoms with E-state index in [-0.39, 0.29) is 0 Å². The minimum Gasteiger partial charge on any atom is -0.258 e. The van der Waals surface area contributed by atoms with Crippen LogP contribution in [0.5, 0.6) is 0 Å². The Balaban J connectivity index is 1.89. The average molecular weight is 239 g/mol. The van der Waals surface area contributed by atoms with Gasteiger partial charge in [0.25, 0.3) is 0 Å². The molecule has 2 aliphatic carbocycles. The van der Waals surface area contributed by atoms with Gasteiger partial charge in [0.2, 0.25) is 0 Å². The van der Waals surface area contributed by atoms with Crippen molar-refractivity contribution in [1.29, 1.82) is 0 Å². The Labute approximate surface area is 110 Å². The highest BCUT2D eigenvalue weighted by Gasteiger charge is 2.20. The molecule has 0 N–H and O–H groups in total. The van der Waals surface area contributed by atoms with Crippen molar-refractivity contribution in [3.63, 3.8) is 0 Å². The summed E-state index contributed by atoms with van der Waals surface area (Å²) in [5.74, 6) is 0.803. The number of pyridine rings is 1. The number of aromatic nitrogens is 1. The lowest BCUT2D eigenvalue weighted by molar-refractivity contribution is 0.677. The van der Waals surface area contributed by atoms with Crippen LogP contribution in [0.4, 0.5) is 0 Å². The van der Waals surface area contributed by atoms with E-state index in [0.29, 0.717) is 0 Å². The molecule has 1 heterocycles. The maximum Gasteiger partial charge on any atom is 0.0488 e. The van der Waals surface area contributed by atoms with E-state index in [0.717, 1.165) is 24.5 Å².